The third-order valence-corrected chi connectivity index (χ3v) is 5.58. The topological polar surface area (TPSA) is 99.2 Å². The third-order valence-electron chi connectivity index (χ3n) is 3.42. The maximum atomic E-state index is 12.3. The second-order valence-electron chi connectivity index (χ2n) is 5.12. The van der Waals surface area contributed by atoms with Gasteiger partial charge in [-0.2, -0.15) is 0 Å². The maximum absolute atomic E-state index is 12.3. The molecule has 0 N–H and O–H groups in total. The lowest BCUT2D eigenvalue weighted by Gasteiger charge is -2.16. The SMILES string of the molecule is CON(C)S(=O)(=O)c1cc(C(=O)O[C@H]2C[C@@H](C)OC2=O)ccc1Cl. The lowest BCUT2D eigenvalue weighted by Crippen LogP contribution is -2.26. The minimum Gasteiger partial charge on any atom is -0.460 e. The van der Waals surface area contributed by atoms with Crippen molar-refractivity contribution in [3.05, 3.63) is 28.8 Å². The number of cyclic esters (lactones) is 1. The number of halogens is 1. The van der Waals surface area contributed by atoms with Crippen LogP contribution >= 0.6 is 11.6 Å². The van der Waals surface area contributed by atoms with E-state index in [2.05, 4.69) is 4.84 Å². The molecule has 0 bridgehead atoms. The van der Waals surface area contributed by atoms with Crippen LogP contribution in [0, 0.1) is 0 Å². The van der Waals surface area contributed by atoms with Gasteiger partial charge in [-0.25, -0.2) is 18.0 Å². The highest BCUT2D eigenvalue weighted by Gasteiger charge is 2.35. The second kappa shape index (κ2) is 7.06. The summed E-state index contributed by atoms with van der Waals surface area (Å²) in [5.74, 6) is -1.48. The smallest absolute Gasteiger partial charge is 0.347 e. The van der Waals surface area contributed by atoms with E-state index in [0.717, 1.165) is 6.07 Å². The Morgan fingerprint density at radius 1 is 1.42 bits per heavy atom. The molecule has 0 aliphatic carbocycles. The Bertz CT molecular complexity index is 764. The van der Waals surface area contributed by atoms with Gasteiger partial charge in [0.15, 0.2) is 0 Å². The molecule has 1 fully saturated rings. The molecule has 2 rings (SSSR count). The Labute approximate surface area is 144 Å². The van der Waals surface area contributed by atoms with Gasteiger partial charge in [-0.3, -0.25) is 4.84 Å². The van der Waals surface area contributed by atoms with Crippen LogP contribution in [-0.4, -0.2) is 51.2 Å². The number of hydrogen-bond acceptors (Lipinski definition) is 7. The number of hydrogen-bond donors (Lipinski definition) is 0. The molecule has 0 spiro atoms. The van der Waals surface area contributed by atoms with Crippen molar-refractivity contribution in [1.29, 1.82) is 0 Å². The molecular weight excluding hydrogens is 362 g/mol. The zero-order valence-corrected chi connectivity index (χ0v) is 14.8. The van der Waals surface area contributed by atoms with E-state index >= 15 is 0 Å². The zero-order valence-electron chi connectivity index (χ0n) is 13.2. The van der Waals surface area contributed by atoms with Gasteiger partial charge >= 0.3 is 11.9 Å². The summed E-state index contributed by atoms with van der Waals surface area (Å²) in [5.41, 5.74) is -0.0603. The fraction of sp³-hybridized carbons (Fsp3) is 0.429. The molecule has 1 aromatic carbocycles. The summed E-state index contributed by atoms with van der Waals surface area (Å²) < 4.78 is 35.2. The Balaban J connectivity index is 2.28. The summed E-state index contributed by atoms with van der Waals surface area (Å²) in [6, 6.07) is 3.63. The van der Waals surface area contributed by atoms with Crippen LogP contribution in [0.2, 0.25) is 5.02 Å². The van der Waals surface area contributed by atoms with Crippen molar-refractivity contribution >= 4 is 33.6 Å². The number of hydroxylamine groups is 1. The van der Waals surface area contributed by atoms with Crippen LogP contribution in [0.5, 0.6) is 0 Å². The van der Waals surface area contributed by atoms with Gasteiger partial charge in [-0.1, -0.05) is 16.1 Å². The Kier molecular flexibility index (Phi) is 5.49. The quantitative estimate of drug-likeness (QED) is 0.564. The van der Waals surface area contributed by atoms with E-state index in [4.69, 9.17) is 21.1 Å². The summed E-state index contributed by atoms with van der Waals surface area (Å²) in [6.45, 7) is 1.68. The predicted molar refractivity (Wildman–Crippen MR) is 82.8 cm³/mol. The van der Waals surface area contributed by atoms with Crippen LogP contribution in [0.25, 0.3) is 0 Å². The van der Waals surface area contributed by atoms with E-state index in [9.17, 15) is 18.0 Å². The summed E-state index contributed by atoms with van der Waals surface area (Å²) in [6.07, 6.45) is -1.10. The monoisotopic (exact) mass is 377 g/mol. The van der Waals surface area contributed by atoms with Gasteiger partial charge in [-0.15, -0.1) is 0 Å². The molecule has 1 heterocycles. The first kappa shape index (κ1) is 18.7. The molecule has 0 saturated carbocycles. The van der Waals surface area contributed by atoms with E-state index < -0.39 is 28.1 Å². The molecule has 132 valence electrons. The highest BCUT2D eigenvalue weighted by atomic mass is 35.5. The molecule has 8 nitrogen and oxygen atoms in total. The Morgan fingerprint density at radius 2 is 2.08 bits per heavy atom. The number of esters is 2. The van der Waals surface area contributed by atoms with Crippen molar-refractivity contribution in [1.82, 2.24) is 4.47 Å². The molecular formula is C14H16ClNO7S. The van der Waals surface area contributed by atoms with Gasteiger partial charge in [0.05, 0.1) is 17.7 Å². The van der Waals surface area contributed by atoms with E-state index in [-0.39, 0.29) is 28.0 Å². The Hall–Kier alpha value is -1.68. The highest BCUT2D eigenvalue weighted by Crippen LogP contribution is 2.26. The zero-order chi connectivity index (χ0) is 18.1. The normalized spacial score (nSPS) is 21.0. The molecule has 0 aromatic heterocycles. The number of rotatable bonds is 5. The van der Waals surface area contributed by atoms with Crippen molar-refractivity contribution in [3.63, 3.8) is 0 Å². The molecule has 0 unspecified atom stereocenters. The molecule has 24 heavy (non-hydrogen) atoms. The number of carbonyl (C=O) groups excluding carboxylic acids is 2. The molecule has 0 radical (unpaired) electrons. The largest absolute Gasteiger partial charge is 0.460 e. The first-order valence-electron chi connectivity index (χ1n) is 6.91. The van der Waals surface area contributed by atoms with Crippen LogP contribution in [0.15, 0.2) is 23.1 Å². The van der Waals surface area contributed by atoms with E-state index in [1.165, 1.54) is 26.3 Å². The van der Waals surface area contributed by atoms with E-state index in [1.54, 1.807) is 6.92 Å². The number of benzene rings is 1. The summed E-state index contributed by atoms with van der Waals surface area (Å²) in [4.78, 5) is 28.0. The Morgan fingerprint density at radius 3 is 2.62 bits per heavy atom. The fourth-order valence-electron chi connectivity index (χ4n) is 2.08. The number of ether oxygens (including phenoxy) is 2. The van der Waals surface area contributed by atoms with Gasteiger partial charge in [0.2, 0.25) is 6.10 Å². The molecule has 1 aliphatic rings. The van der Waals surface area contributed by atoms with Gasteiger partial charge in [0.1, 0.15) is 11.0 Å². The van der Waals surface area contributed by atoms with Gasteiger partial charge in [-0.05, 0) is 25.1 Å². The molecule has 1 aliphatic heterocycles. The minimum atomic E-state index is -4.04. The van der Waals surface area contributed by atoms with Crippen molar-refractivity contribution in [3.8, 4) is 0 Å². The number of nitrogens with zero attached hydrogens (tertiary/aromatic N) is 1. The number of sulfonamides is 1. The minimum absolute atomic E-state index is 0.0603. The highest BCUT2D eigenvalue weighted by molar-refractivity contribution is 7.89. The lowest BCUT2D eigenvalue weighted by molar-refractivity contribution is -0.147. The predicted octanol–water partition coefficient (Wildman–Crippen LogP) is 1.38. The molecule has 1 saturated heterocycles. The van der Waals surface area contributed by atoms with E-state index in [0.29, 0.717) is 4.47 Å². The van der Waals surface area contributed by atoms with Crippen LogP contribution in [0.4, 0.5) is 0 Å². The average molecular weight is 378 g/mol. The van der Waals surface area contributed by atoms with Crippen molar-refractivity contribution in [2.24, 2.45) is 0 Å². The molecule has 10 heteroatoms. The van der Waals surface area contributed by atoms with Crippen LogP contribution < -0.4 is 0 Å². The van der Waals surface area contributed by atoms with Gasteiger partial charge in [0.25, 0.3) is 10.0 Å². The van der Waals surface area contributed by atoms with Crippen LogP contribution in [-0.2, 0) is 29.1 Å². The molecule has 2 atom stereocenters. The summed E-state index contributed by atoms with van der Waals surface area (Å²) >= 11 is 5.91. The lowest BCUT2D eigenvalue weighted by atomic mass is 10.2. The van der Waals surface area contributed by atoms with E-state index in [1.807, 2.05) is 0 Å². The summed E-state index contributed by atoms with van der Waals surface area (Å²) in [7, 11) is -1.68. The first-order chi connectivity index (χ1) is 11.2. The van der Waals surface area contributed by atoms with Gasteiger partial charge in [0, 0.05) is 13.5 Å². The standard InChI is InChI=1S/C14H16ClNO7S/c1-8-6-11(14(18)22-8)23-13(17)9-4-5-10(15)12(7-9)24(19,20)16(2)21-3/h4-5,7-8,11H,6H2,1-3H3/t8-,11+/m1/s1. The first-order valence-corrected chi connectivity index (χ1v) is 8.72. The fourth-order valence-corrected chi connectivity index (χ4v) is 3.55. The maximum Gasteiger partial charge on any atom is 0.347 e. The van der Waals surface area contributed by atoms with Crippen molar-refractivity contribution in [2.75, 3.05) is 14.2 Å². The van der Waals surface area contributed by atoms with Crippen LogP contribution in [0.3, 0.4) is 0 Å². The average Bonchev–Trinajstić information content (AvgIpc) is 2.84. The molecule has 1 aromatic rings. The number of carbonyl (C=O) groups is 2. The van der Waals surface area contributed by atoms with Gasteiger partial charge < -0.3 is 9.47 Å². The summed E-state index contributed by atoms with van der Waals surface area (Å²) in [5, 5.41) is -0.0793. The van der Waals surface area contributed by atoms with Crippen LogP contribution in [0.1, 0.15) is 23.7 Å². The second-order valence-corrected chi connectivity index (χ2v) is 7.43. The van der Waals surface area contributed by atoms with Crippen molar-refractivity contribution in [2.45, 2.75) is 30.4 Å². The van der Waals surface area contributed by atoms with Crippen molar-refractivity contribution < 1.29 is 32.3 Å². The molecule has 0 amide bonds. The third kappa shape index (κ3) is 3.69.